The summed E-state index contributed by atoms with van der Waals surface area (Å²) in [7, 11) is 2.61. The maximum absolute atomic E-state index is 12.9. The van der Waals surface area contributed by atoms with Gasteiger partial charge in [-0.2, -0.15) is 0 Å². The summed E-state index contributed by atoms with van der Waals surface area (Å²) in [6.45, 7) is 0. The molecule has 0 aromatic heterocycles. The van der Waals surface area contributed by atoms with E-state index >= 15 is 0 Å². The smallest absolute Gasteiger partial charge is 0.323 e. The fraction of sp³-hybridized carbons (Fsp3) is 0.161. The van der Waals surface area contributed by atoms with Gasteiger partial charge >= 0.3 is 11.9 Å². The Morgan fingerprint density at radius 1 is 0.703 bits per heavy atom. The molecule has 0 saturated carbocycles. The Morgan fingerprint density at radius 3 is 1.59 bits per heavy atom. The molecule has 0 N–H and O–H groups in total. The van der Waals surface area contributed by atoms with Crippen LogP contribution in [0.15, 0.2) is 103 Å². The first-order chi connectivity index (χ1) is 17.9. The second-order valence-corrected chi connectivity index (χ2v) is 13.6. The van der Waals surface area contributed by atoms with Crippen molar-refractivity contribution in [2.24, 2.45) is 5.41 Å². The van der Waals surface area contributed by atoms with E-state index in [1.807, 2.05) is 54.6 Å². The molecule has 4 aromatic carbocycles. The highest BCUT2D eigenvalue weighted by atomic mass is 32.4. The monoisotopic (exact) mass is 526 g/mol. The van der Waals surface area contributed by atoms with Gasteiger partial charge in [0.05, 0.1) is 14.2 Å². The molecule has 1 aliphatic carbocycles. The molecule has 186 valence electrons. The van der Waals surface area contributed by atoms with E-state index in [-0.39, 0.29) is 12.8 Å². The van der Waals surface area contributed by atoms with Crippen LogP contribution >= 0.6 is 6.04 Å². The molecular weight excluding hydrogens is 499 g/mol. The SMILES string of the molecule is COC(=O)C1(C(=O)OC)Cc2cc(-c3ccccc3)c(P(=S)(c3ccccc3)c3ccccc3)cc2C1. The van der Waals surface area contributed by atoms with E-state index in [0.717, 1.165) is 38.2 Å². The maximum atomic E-state index is 12.9. The first-order valence-electron chi connectivity index (χ1n) is 12.0. The van der Waals surface area contributed by atoms with E-state index in [1.165, 1.54) is 14.2 Å². The van der Waals surface area contributed by atoms with E-state index in [2.05, 4.69) is 48.5 Å². The average Bonchev–Trinajstić information content (AvgIpc) is 3.36. The van der Waals surface area contributed by atoms with Crippen LogP contribution in [0.2, 0.25) is 0 Å². The molecule has 6 heteroatoms. The van der Waals surface area contributed by atoms with Crippen LogP contribution in [0, 0.1) is 5.41 Å². The van der Waals surface area contributed by atoms with Gasteiger partial charge in [0.2, 0.25) is 0 Å². The predicted molar refractivity (Wildman–Crippen MR) is 152 cm³/mol. The van der Waals surface area contributed by atoms with Crippen LogP contribution < -0.4 is 15.9 Å². The Balaban J connectivity index is 1.81. The molecule has 0 atom stereocenters. The average molecular weight is 527 g/mol. The van der Waals surface area contributed by atoms with Gasteiger partial charge in [0.25, 0.3) is 0 Å². The Morgan fingerprint density at radius 2 is 1.14 bits per heavy atom. The quantitative estimate of drug-likeness (QED) is 0.210. The molecule has 0 spiro atoms. The van der Waals surface area contributed by atoms with Gasteiger partial charge in [-0.3, -0.25) is 9.59 Å². The Hall–Kier alpha value is -3.53. The number of rotatable bonds is 6. The lowest BCUT2D eigenvalue weighted by Crippen LogP contribution is -2.42. The maximum Gasteiger partial charge on any atom is 0.323 e. The van der Waals surface area contributed by atoms with Crippen molar-refractivity contribution in [2.75, 3.05) is 14.2 Å². The van der Waals surface area contributed by atoms with E-state index < -0.39 is 23.4 Å². The summed E-state index contributed by atoms with van der Waals surface area (Å²) in [4.78, 5) is 25.9. The molecular formula is C31H27O4PS. The highest BCUT2D eigenvalue weighted by molar-refractivity contribution is 8.25. The van der Waals surface area contributed by atoms with Crippen molar-refractivity contribution in [3.05, 3.63) is 114 Å². The number of ether oxygens (including phenoxy) is 2. The van der Waals surface area contributed by atoms with Crippen molar-refractivity contribution in [3.63, 3.8) is 0 Å². The van der Waals surface area contributed by atoms with Gasteiger partial charge in [-0.15, -0.1) is 0 Å². The minimum Gasteiger partial charge on any atom is -0.468 e. The highest BCUT2D eigenvalue weighted by Gasteiger charge is 2.53. The Bertz CT molecular complexity index is 1440. The third kappa shape index (κ3) is 4.22. The Kier molecular flexibility index (Phi) is 6.85. The van der Waals surface area contributed by atoms with Gasteiger partial charge in [0.15, 0.2) is 5.41 Å². The summed E-state index contributed by atoms with van der Waals surface area (Å²) in [6, 6.07) is 32.4. The normalized spacial score (nSPS) is 14.0. The van der Waals surface area contributed by atoms with Gasteiger partial charge < -0.3 is 9.47 Å². The molecule has 0 saturated heterocycles. The highest BCUT2D eigenvalue weighted by Crippen LogP contribution is 2.48. The van der Waals surface area contributed by atoms with Crippen LogP contribution in [0.5, 0.6) is 0 Å². The van der Waals surface area contributed by atoms with Crippen LogP contribution in [-0.4, -0.2) is 26.2 Å². The van der Waals surface area contributed by atoms with Gasteiger partial charge in [0, 0.05) is 11.3 Å². The predicted octanol–water partition coefficient (Wildman–Crippen LogP) is 4.54. The van der Waals surface area contributed by atoms with E-state index in [0.29, 0.717) is 0 Å². The second-order valence-electron chi connectivity index (χ2n) is 9.20. The molecule has 0 unspecified atom stereocenters. The van der Waals surface area contributed by atoms with Crippen LogP contribution in [0.4, 0.5) is 0 Å². The van der Waals surface area contributed by atoms with E-state index in [4.69, 9.17) is 21.3 Å². The zero-order chi connectivity index (χ0) is 26.0. The number of hydrogen-bond acceptors (Lipinski definition) is 5. The number of methoxy groups -OCH3 is 2. The lowest BCUT2D eigenvalue weighted by atomic mass is 9.85. The van der Waals surface area contributed by atoms with Gasteiger partial charge in [-0.05, 0) is 51.8 Å². The van der Waals surface area contributed by atoms with Crippen LogP contribution in [-0.2, 0) is 43.7 Å². The van der Waals surface area contributed by atoms with E-state index in [1.54, 1.807) is 0 Å². The minimum atomic E-state index is -2.51. The summed E-state index contributed by atoms with van der Waals surface area (Å²) in [5, 5.41) is 3.20. The molecule has 4 aromatic rings. The lowest BCUT2D eigenvalue weighted by Gasteiger charge is -2.27. The molecule has 4 nitrogen and oxygen atoms in total. The summed E-state index contributed by atoms with van der Waals surface area (Å²) in [6.07, 6.45) is 0.435. The van der Waals surface area contributed by atoms with Crippen LogP contribution in [0.1, 0.15) is 11.1 Å². The molecule has 0 radical (unpaired) electrons. The van der Waals surface area contributed by atoms with E-state index in [9.17, 15) is 9.59 Å². The molecule has 0 bridgehead atoms. The summed E-state index contributed by atoms with van der Waals surface area (Å²) in [5.74, 6) is -1.16. The summed E-state index contributed by atoms with van der Waals surface area (Å²) >= 11 is 6.69. The lowest BCUT2D eigenvalue weighted by molar-refractivity contribution is -0.168. The number of hydrogen-bond donors (Lipinski definition) is 0. The largest absolute Gasteiger partial charge is 0.468 e. The van der Waals surface area contributed by atoms with Crippen LogP contribution in [0.3, 0.4) is 0 Å². The van der Waals surface area contributed by atoms with Crippen molar-refractivity contribution in [1.29, 1.82) is 0 Å². The minimum absolute atomic E-state index is 0.211. The first-order valence-corrected chi connectivity index (χ1v) is 14.8. The molecule has 0 fully saturated rings. The number of fused-ring (bicyclic) bond motifs is 1. The fourth-order valence-corrected chi connectivity index (χ4v) is 9.39. The van der Waals surface area contributed by atoms with Crippen molar-refractivity contribution in [3.8, 4) is 11.1 Å². The van der Waals surface area contributed by atoms with Crippen molar-refractivity contribution in [2.45, 2.75) is 12.8 Å². The van der Waals surface area contributed by atoms with Crippen molar-refractivity contribution < 1.29 is 19.1 Å². The molecule has 0 amide bonds. The van der Waals surface area contributed by atoms with Crippen LogP contribution in [0.25, 0.3) is 11.1 Å². The fourth-order valence-electron chi connectivity index (χ4n) is 5.29. The molecule has 1 aliphatic rings. The number of benzene rings is 4. The number of esters is 2. The topological polar surface area (TPSA) is 52.6 Å². The van der Waals surface area contributed by atoms with Gasteiger partial charge in [-0.1, -0.05) is 109 Å². The first kappa shape index (κ1) is 25.1. The molecule has 0 aliphatic heterocycles. The number of carbonyl (C=O) groups is 2. The van der Waals surface area contributed by atoms with Gasteiger partial charge in [0.1, 0.15) is 0 Å². The zero-order valence-corrected chi connectivity index (χ0v) is 22.4. The second kappa shape index (κ2) is 10.1. The zero-order valence-electron chi connectivity index (χ0n) is 20.7. The number of carbonyl (C=O) groups excluding carboxylic acids is 2. The molecule has 5 rings (SSSR count). The van der Waals surface area contributed by atoms with Gasteiger partial charge in [-0.25, -0.2) is 0 Å². The van der Waals surface area contributed by atoms with Crippen molar-refractivity contribution >= 4 is 45.7 Å². The standard InChI is InChI=1S/C31H27O4PS/c1-34-29(32)31(30(33)35-2)20-23-18-27(22-12-6-3-7-13-22)28(19-24(23)21-31)36(37,25-14-8-4-9-15-25)26-16-10-5-11-17-26/h3-19H,20-21H2,1-2H3. The Labute approximate surface area is 222 Å². The molecule has 0 heterocycles. The van der Waals surface area contributed by atoms with Crippen molar-refractivity contribution in [1.82, 2.24) is 0 Å². The summed E-state index contributed by atoms with van der Waals surface area (Å²) in [5.41, 5.74) is 2.50. The summed E-state index contributed by atoms with van der Waals surface area (Å²) < 4.78 is 10.2. The molecule has 37 heavy (non-hydrogen) atoms. The third-order valence-electron chi connectivity index (χ3n) is 7.12. The third-order valence-corrected chi connectivity index (χ3v) is 12.1.